The first-order valence-electron chi connectivity index (χ1n) is 9.24. The average molecular weight is 349 g/mol. The third-order valence-electron chi connectivity index (χ3n) is 5.19. The summed E-state index contributed by atoms with van der Waals surface area (Å²) in [6.45, 7) is 4.34. The number of aryl methyl sites for hydroxylation is 1. The Morgan fingerprint density at radius 3 is 2.19 bits per heavy atom. The highest BCUT2D eigenvalue weighted by Gasteiger charge is 2.35. The number of carbonyl (C=O) groups is 2. The molecule has 2 heterocycles. The van der Waals surface area contributed by atoms with Crippen LogP contribution in [0.4, 0.5) is 0 Å². The summed E-state index contributed by atoms with van der Waals surface area (Å²) in [6.07, 6.45) is 2.05. The molecule has 2 fully saturated rings. The van der Waals surface area contributed by atoms with Crippen LogP contribution in [0.2, 0.25) is 0 Å². The van der Waals surface area contributed by atoms with E-state index in [-0.39, 0.29) is 17.7 Å². The van der Waals surface area contributed by atoms with Crippen LogP contribution < -0.4 is 0 Å². The van der Waals surface area contributed by atoms with Crippen LogP contribution in [0.1, 0.15) is 28.9 Å². The first-order valence-corrected chi connectivity index (χ1v) is 9.24. The van der Waals surface area contributed by atoms with Gasteiger partial charge in [-0.05, 0) is 31.9 Å². The van der Waals surface area contributed by atoms with Gasteiger partial charge in [-0.2, -0.15) is 0 Å². The van der Waals surface area contributed by atoms with E-state index in [0.29, 0.717) is 31.7 Å². The summed E-state index contributed by atoms with van der Waals surface area (Å²) in [5.41, 5.74) is 3.31. The van der Waals surface area contributed by atoms with Gasteiger partial charge in [0.1, 0.15) is 0 Å². The molecule has 0 radical (unpaired) electrons. The predicted octanol–water partition coefficient (Wildman–Crippen LogP) is 2.75. The highest BCUT2D eigenvalue weighted by Crippen LogP contribution is 2.31. The summed E-state index contributed by atoms with van der Waals surface area (Å²) in [6, 6.07) is 13.7. The summed E-state index contributed by atoms with van der Waals surface area (Å²) in [5.74, 6) is 0.518. The molecule has 0 unspecified atom stereocenters. The molecule has 5 nitrogen and oxygen atoms in total. The molecule has 1 aliphatic carbocycles. The van der Waals surface area contributed by atoms with Gasteiger partial charge in [0.15, 0.2) is 0 Å². The Labute approximate surface area is 153 Å². The minimum Gasteiger partial charge on any atom is -0.339 e. The molecule has 134 valence electrons. The van der Waals surface area contributed by atoms with Gasteiger partial charge in [0.25, 0.3) is 5.91 Å². The van der Waals surface area contributed by atoms with Crippen molar-refractivity contribution >= 4 is 11.8 Å². The zero-order valence-electron chi connectivity index (χ0n) is 15.0. The lowest BCUT2D eigenvalue weighted by Gasteiger charge is -2.35. The molecule has 5 heteroatoms. The van der Waals surface area contributed by atoms with Crippen LogP contribution in [-0.4, -0.2) is 52.8 Å². The molecule has 0 atom stereocenters. The number of amides is 2. The van der Waals surface area contributed by atoms with E-state index < -0.39 is 0 Å². The van der Waals surface area contributed by atoms with Crippen molar-refractivity contribution in [3.8, 4) is 11.3 Å². The van der Waals surface area contributed by atoms with Gasteiger partial charge < -0.3 is 9.80 Å². The minimum absolute atomic E-state index is 0.00753. The van der Waals surface area contributed by atoms with Crippen LogP contribution >= 0.6 is 0 Å². The van der Waals surface area contributed by atoms with Crippen molar-refractivity contribution in [3.63, 3.8) is 0 Å². The van der Waals surface area contributed by atoms with Gasteiger partial charge in [-0.25, -0.2) is 0 Å². The number of hydrogen-bond acceptors (Lipinski definition) is 3. The van der Waals surface area contributed by atoms with Gasteiger partial charge >= 0.3 is 0 Å². The first-order chi connectivity index (χ1) is 12.6. The lowest BCUT2D eigenvalue weighted by atomic mass is 10.1. The normalized spacial score (nSPS) is 17.3. The third kappa shape index (κ3) is 3.34. The van der Waals surface area contributed by atoms with Crippen LogP contribution in [0.5, 0.6) is 0 Å². The lowest BCUT2D eigenvalue weighted by Crippen LogP contribution is -2.51. The molecule has 1 aromatic carbocycles. The summed E-state index contributed by atoms with van der Waals surface area (Å²) >= 11 is 0. The molecule has 2 amide bonds. The Bertz CT molecular complexity index is 822. The molecule has 0 spiro atoms. The van der Waals surface area contributed by atoms with Crippen LogP contribution in [0.25, 0.3) is 11.3 Å². The van der Waals surface area contributed by atoms with Crippen molar-refractivity contribution in [2.24, 2.45) is 5.92 Å². The maximum atomic E-state index is 12.9. The second-order valence-corrected chi connectivity index (χ2v) is 7.09. The number of benzene rings is 1. The molecular formula is C21H23N3O2. The molecule has 2 aromatic rings. The Morgan fingerprint density at radius 2 is 1.58 bits per heavy atom. The highest BCUT2D eigenvalue weighted by atomic mass is 16.2. The van der Waals surface area contributed by atoms with Crippen LogP contribution in [0, 0.1) is 12.8 Å². The van der Waals surface area contributed by atoms with Crippen molar-refractivity contribution in [1.29, 1.82) is 0 Å². The number of nitrogens with zero attached hydrogens (tertiary/aromatic N) is 3. The molecular weight excluding hydrogens is 326 g/mol. The summed E-state index contributed by atoms with van der Waals surface area (Å²) in [4.78, 5) is 33.4. The van der Waals surface area contributed by atoms with E-state index in [1.165, 1.54) is 0 Å². The number of carbonyl (C=O) groups excluding carboxylic acids is 2. The van der Waals surface area contributed by atoms with E-state index >= 15 is 0 Å². The SMILES string of the molecule is Cc1nc(-c2ccccc2)ccc1C(=O)N1CCN(C(=O)C2CC2)CC1. The third-order valence-corrected chi connectivity index (χ3v) is 5.19. The largest absolute Gasteiger partial charge is 0.339 e. The number of piperazine rings is 1. The topological polar surface area (TPSA) is 53.5 Å². The monoisotopic (exact) mass is 349 g/mol. The number of pyridine rings is 1. The van der Waals surface area contributed by atoms with E-state index in [9.17, 15) is 9.59 Å². The Balaban J connectivity index is 1.44. The second-order valence-electron chi connectivity index (χ2n) is 7.09. The second kappa shape index (κ2) is 6.90. The van der Waals surface area contributed by atoms with Gasteiger partial charge in [-0.1, -0.05) is 30.3 Å². The molecule has 0 bridgehead atoms. The molecule has 1 saturated carbocycles. The van der Waals surface area contributed by atoms with E-state index in [1.54, 1.807) is 0 Å². The zero-order chi connectivity index (χ0) is 18.1. The fraction of sp³-hybridized carbons (Fsp3) is 0.381. The van der Waals surface area contributed by atoms with Crippen molar-refractivity contribution < 1.29 is 9.59 Å². The van der Waals surface area contributed by atoms with Crippen molar-refractivity contribution in [3.05, 3.63) is 53.7 Å². The van der Waals surface area contributed by atoms with E-state index in [0.717, 1.165) is 29.8 Å². The van der Waals surface area contributed by atoms with Gasteiger partial charge in [-0.15, -0.1) is 0 Å². The van der Waals surface area contributed by atoms with Gasteiger partial charge in [0.05, 0.1) is 17.0 Å². The van der Waals surface area contributed by atoms with E-state index in [1.807, 2.05) is 59.2 Å². The Morgan fingerprint density at radius 1 is 0.923 bits per heavy atom. The summed E-state index contributed by atoms with van der Waals surface area (Å²) in [5, 5.41) is 0. The smallest absolute Gasteiger partial charge is 0.255 e. The molecule has 1 aliphatic heterocycles. The minimum atomic E-state index is 0.00753. The van der Waals surface area contributed by atoms with Crippen LogP contribution in [-0.2, 0) is 4.79 Å². The van der Waals surface area contributed by atoms with Crippen LogP contribution in [0.3, 0.4) is 0 Å². The van der Waals surface area contributed by atoms with Crippen molar-refractivity contribution in [2.75, 3.05) is 26.2 Å². The zero-order valence-corrected chi connectivity index (χ0v) is 15.0. The average Bonchev–Trinajstić information content (AvgIpc) is 3.53. The summed E-state index contributed by atoms with van der Waals surface area (Å²) in [7, 11) is 0. The Kier molecular flexibility index (Phi) is 4.45. The maximum absolute atomic E-state index is 12.9. The maximum Gasteiger partial charge on any atom is 0.255 e. The predicted molar refractivity (Wildman–Crippen MR) is 99.6 cm³/mol. The number of aromatic nitrogens is 1. The van der Waals surface area contributed by atoms with Crippen molar-refractivity contribution in [2.45, 2.75) is 19.8 Å². The molecule has 4 rings (SSSR count). The van der Waals surface area contributed by atoms with Gasteiger partial charge in [0, 0.05) is 37.7 Å². The number of rotatable bonds is 3. The fourth-order valence-corrected chi connectivity index (χ4v) is 3.45. The van der Waals surface area contributed by atoms with Crippen molar-refractivity contribution in [1.82, 2.24) is 14.8 Å². The van der Waals surface area contributed by atoms with Gasteiger partial charge in [0.2, 0.25) is 5.91 Å². The lowest BCUT2D eigenvalue weighted by molar-refractivity contribution is -0.134. The molecule has 1 saturated heterocycles. The standard InChI is InChI=1S/C21H23N3O2/c1-15-18(9-10-19(22-15)16-5-3-2-4-6-16)21(26)24-13-11-23(12-14-24)20(25)17-7-8-17/h2-6,9-10,17H,7-8,11-14H2,1H3. The first kappa shape index (κ1) is 16.8. The highest BCUT2D eigenvalue weighted by molar-refractivity contribution is 5.95. The van der Waals surface area contributed by atoms with E-state index in [2.05, 4.69) is 4.98 Å². The molecule has 26 heavy (non-hydrogen) atoms. The molecule has 0 N–H and O–H groups in total. The van der Waals surface area contributed by atoms with Crippen LogP contribution in [0.15, 0.2) is 42.5 Å². The molecule has 1 aromatic heterocycles. The van der Waals surface area contributed by atoms with E-state index in [4.69, 9.17) is 0 Å². The van der Waals surface area contributed by atoms with Gasteiger partial charge in [-0.3, -0.25) is 14.6 Å². The molecule has 2 aliphatic rings. The Hall–Kier alpha value is -2.69. The fourth-order valence-electron chi connectivity index (χ4n) is 3.45. The quantitative estimate of drug-likeness (QED) is 0.856. The summed E-state index contributed by atoms with van der Waals surface area (Å²) < 4.78 is 0. The number of hydrogen-bond donors (Lipinski definition) is 0.